The summed E-state index contributed by atoms with van der Waals surface area (Å²) in [6, 6.07) is 6.38. The monoisotopic (exact) mass is 669 g/mol. The quantitative estimate of drug-likeness (QED) is 0.405. The number of hydrogen-bond donors (Lipinski definition) is 2. The van der Waals surface area contributed by atoms with Crippen molar-refractivity contribution in [3.8, 4) is 0 Å². The van der Waals surface area contributed by atoms with Crippen molar-refractivity contribution < 1.29 is 19.2 Å². The zero-order valence-corrected chi connectivity index (χ0v) is 29.8. The Bertz CT molecular complexity index is 1620. The molecular formula is C40H55N5O4. The van der Waals surface area contributed by atoms with Crippen LogP contribution in [-0.2, 0) is 37.6 Å². The van der Waals surface area contributed by atoms with Crippen molar-refractivity contribution in [3.05, 3.63) is 35.0 Å². The second kappa shape index (κ2) is 12.4. The smallest absolute Gasteiger partial charge is 0.228 e. The second-order valence-electron chi connectivity index (χ2n) is 17.3. The van der Waals surface area contributed by atoms with Crippen molar-refractivity contribution in [1.82, 2.24) is 25.0 Å². The summed E-state index contributed by atoms with van der Waals surface area (Å²) in [4.78, 5) is 64.2. The average Bonchev–Trinajstić information content (AvgIpc) is 3.46. The highest BCUT2D eigenvalue weighted by atomic mass is 16.2. The van der Waals surface area contributed by atoms with Crippen LogP contribution in [0, 0.1) is 35.0 Å². The third kappa shape index (κ3) is 5.77. The van der Waals surface area contributed by atoms with Gasteiger partial charge in [0.15, 0.2) is 0 Å². The highest BCUT2D eigenvalue weighted by Crippen LogP contribution is 2.60. The van der Waals surface area contributed by atoms with Crippen LogP contribution in [0.1, 0.15) is 101 Å². The van der Waals surface area contributed by atoms with Gasteiger partial charge in [0.2, 0.25) is 23.6 Å². The van der Waals surface area contributed by atoms with Gasteiger partial charge in [0.25, 0.3) is 0 Å². The fourth-order valence-electron chi connectivity index (χ4n) is 11.7. The number of aryl methyl sites for hydroxylation is 1. The van der Waals surface area contributed by atoms with Gasteiger partial charge in [-0.3, -0.25) is 19.2 Å². The number of piperidine rings is 2. The molecule has 9 nitrogen and oxygen atoms in total. The van der Waals surface area contributed by atoms with Crippen LogP contribution in [0.25, 0.3) is 10.9 Å². The van der Waals surface area contributed by atoms with E-state index >= 15 is 0 Å². The van der Waals surface area contributed by atoms with Gasteiger partial charge >= 0.3 is 0 Å². The summed E-state index contributed by atoms with van der Waals surface area (Å²) in [6.45, 7) is 4.86. The zero-order chi connectivity index (χ0) is 34.1. The lowest BCUT2D eigenvalue weighted by atomic mass is 9.49. The normalized spacial score (nSPS) is 33.4. The third-order valence-electron chi connectivity index (χ3n) is 13.8. The molecule has 0 radical (unpaired) electrons. The van der Waals surface area contributed by atoms with Gasteiger partial charge in [-0.25, -0.2) is 0 Å². The van der Waals surface area contributed by atoms with Crippen molar-refractivity contribution in [2.45, 2.75) is 102 Å². The molecule has 4 amide bonds. The van der Waals surface area contributed by atoms with E-state index in [9.17, 15) is 19.2 Å². The molecule has 4 saturated carbocycles. The number of hydrogen-bond acceptors (Lipinski definition) is 4. The van der Waals surface area contributed by atoms with Crippen LogP contribution in [0.3, 0.4) is 0 Å². The summed E-state index contributed by atoms with van der Waals surface area (Å²) in [5.74, 6) is 1.73. The van der Waals surface area contributed by atoms with Gasteiger partial charge in [-0.2, -0.15) is 0 Å². The molecule has 3 aliphatic heterocycles. The molecule has 9 rings (SSSR count). The molecule has 7 aliphatic rings. The number of aromatic nitrogens is 1. The van der Waals surface area contributed by atoms with Crippen LogP contribution in [0.15, 0.2) is 18.2 Å². The maximum absolute atomic E-state index is 14.6. The van der Waals surface area contributed by atoms with Gasteiger partial charge in [0.05, 0.1) is 11.5 Å². The van der Waals surface area contributed by atoms with Gasteiger partial charge < -0.3 is 25.0 Å². The lowest BCUT2D eigenvalue weighted by molar-refractivity contribution is -0.164. The molecule has 1 aromatic carbocycles. The number of fused-ring (bicyclic) bond motifs is 5. The Labute approximate surface area is 290 Å². The van der Waals surface area contributed by atoms with Gasteiger partial charge in [-0.15, -0.1) is 0 Å². The summed E-state index contributed by atoms with van der Waals surface area (Å²) in [6.07, 6.45) is 13.3. The van der Waals surface area contributed by atoms with E-state index in [0.29, 0.717) is 32.2 Å². The van der Waals surface area contributed by atoms with E-state index in [1.54, 1.807) is 19.0 Å². The van der Waals surface area contributed by atoms with Crippen molar-refractivity contribution >= 4 is 34.5 Å². The number of carbonyl (C=O) groups excluding carboxylic acids is 4. The molecule has 2 N–H and O–H groups in total. The molecule has 6 fully saturated rings. The van der Waals surface area contributed by atoms with E-state index in [-0.39, 0.29) is 35.5 Å². The molecule has 0 unspecified atom stereocenters. The number of amides is 4. The molecule has 2 saturated heterocycles. The van der Waals surface area contributed by atoms with Crippen LogP contribution < -0.4 is 5.32 Å². The number of carbonyl (C=O) groups is 4. The van der Waals surface area contributed by atoms with Crippen LogP contribution in [0.4, 0.5) is 0 Å². The van der Waals surface area contributed by atoms with E-state index in [0.717, 1.165) is 78.8 Å². The summed E-state index contributed by atoms with van der Waals surface area (Å²) < 4.78 is 0. The van der Waals surface area contributed by atoms with Crippen LogP contribution in [-0.4, -0.2) is 83.6 Å². The maximum atomic E-state index is 14.6. The zero-order valence-electron chi connectivity index (χ0n) is 29.8. The van der Waals surface area contributed by atoms with Crippen molar-refractivity contribution in [2.24, 2.45) is 35.0 Å². The highest BCUT2D eigenvalue weighted by Gasteiger charge is 2.57. The molecule has 4 aliphatic carbocycles. The third-order valence-corrected chi connectivity index (χ3v) is 13.8. The molecule has 2 aromatic rings. The standard InChI is InChI=1S/C40H55N5O4/c1-39-32(38(49)44-12-5-4-6-13-44)19-29(20-34(46)41-24-40-21-26-15-27(22-40)17-28(16-26)23-40)37(48)45(39)14-11-31-30-9-7-25(8-10-35(47)43(2)3)18-33(30)42-36(31)39/h7,9,18,26-29,32,42H,4-6,8,10-17,19-24H2,1-3H3,(H,41,46)/t26?,27?,28?,29-,32-,39+,40?/m1/s1. The highest BCUT2D eigenvalue weighted by molar-refractivity contribution is 5.93. The molecule has 4 bridgehead atoms. The number of benzene rings is 1. The number of rotatable bonds is 8. The fraction of sp³-hybridized carbons (Fsp3) is 0.700. The van der Waals surface area contributed by atoms with Crippen LogP contribution >= 0.6 is 0 Å². The second-order valence-corrected chi connectivity index (χ2v) is 17.3. The van der Waals surface area contributed by atoms with E-state index < -0.39 is 17.4 Å². The molecule has 1 aromatic heterocycles. The van der Waals surface area contributed by atoms with Gasteiger partial charge in [0, 0.05) is 75.6 Å². The summed E-state index contributed by atoms with van der Waals surface area (Å²) >= 11 is 0. The van der Waals surface area contributed by atoms with Crippen LogP contribution in [0.5, 0.6) is 0 Å². The Morgan fingerprint density at radius 2 is 1.65 bits per heavy atom. The average molecular weight is 670 g/mol. The summed E-state index contributed by atoms with van der Waals surface area (Å²) in [5, 5.41) is 4.45. The van der Waals surface area contributed by atoms with Crippen molar-refractivity contribution in [2.75, 3.05) is 40.3 Å². The Kier molecular flexibility index (Phi) is 8.34. The fourth-order valence-corrected chi connectivity index (χ4v) is 11.7. The Balaban J connectivity index is 1.05. The van der Waals surface area contributed by atoms with E-state index in [1.807, 2.05) is 9.80 Å². The number of nitrogens with zero attached hydrogens (tertiary/aromatic N) is 3. The Hall–Kier alpha value is -3.36. The first kappa shape index (κ1) is 32.8. The summed E-state index contributed by atoms with van der Waals surface area (Å²) in [5.41, 5.74) is 3.64. The Morgan fingerprint density at radius 3 is 2.33 bits per heavy atom. The van der Waals surface area contributed by atoms with Crippen LogP contribution in [0.2, 0.25) is 0 Å². The number of likely N-dealkylation sites (tertiary alicyclic amines) is 1. The minimum atomic E-state index is -0.828. The first-order valence-corrected chi connectivity index (χ1v) is 19.2. The topological polar surface area (TPSA) is 106 Å². The number of H-pyrrole nitrogens is 1. The summed E-state index contributed by atoms with van der Waals surface area (Å²) in [7, 11) is 3.56. The van der Waals surface area contributed by atoms with Crippen molar-refractivity contribution in [1.29, 1.82) is 0 Å². The first-order valence-electron chi connectivity index (χ1n) is 19.2. The van der Waals surface area contributed by atoms with E-state index in [2.05, 4.69) is 35.4 Å². The predicted octanol–water partition coefficient (Wildman–Crippen LogP) is 5.16. The predicted molar refractivity (Wildman–Crippen MR) is 188 cm³/mol. The molecule has 264 valence electrons. The van der Waals surface area contributed by atoms with Gasteiger partial charge in [-0.05, 0) is 124 Å². The molecule has 0 spiro atoms. The number of aromatic amines is 1. The lowest BCUT2D eigenvalue weighted by Gasteiger charge is -2.57. The molecule has 4 heterocycles. The van der Waals surface area contributed by atoms with Crippen molar-refractivity contribution in [3.63, 3.8) is 0 Å². The SMILES string of the molecule is CN(C)C(=O)CCc1ccc2c3c([nH]c2c1)[C@]1(C)[C@@H](C(=O)N2CCCCC2)C[C@H](CC(=O)NCC24CC5CC(CC(C5)C2)C4)C(=O)N1CC3. The minimum absolute atomic E-state index is 0.00217. The lowest BCUT2D eigenvalue weighted by Crippen LogP contribution is -2.64. The first-order chi connectivity index (χ1) is 23.5. The molecule has 49 heavy (non-hydrogen) atoms. The maximum Gasteiger partial charge on any atom is 0.228 e. The molecular weight excluding hydrogens is 614 g/mol. The van der Waals surface area contributed by atoms with Gasteiger partial charge in [-0.1, -0.05) is 12.1 Å². The molecule has 9 heteroatoms. The Morgan fingerprint density at radius 1 is 0.959 bits per heavy atom. The molecule has 3 atom stereocenters. The van der Waals surface area contributed by atoms with E-state index in [4.69, 9.17) is 0 Å². The van der Waals surface area contributed by atoms with Gasteiger partial charge in [0.1, 0.15) is 0 Å². The number of nitrogens with one attached hydrogen (secondary N) is 2. The minimum Gasteiger partial charge on any atom is -0.356 e. The largest absolute Gasteiger partial charge is 0.356 e. The van der Waals surface area contributed by atoms with E-state index in [1.165, 1.54) is 44.1 Å².